The van der Waals surface area contributed by atoms with Gasteiger partial charge in [-0.15, -0.1) is 11.3 Å². The van der Waals surface area contributed by atoms with Gasteiger partial charge < -0.3 is 5.11 Å². The molecule has 1 heterocycles. The van der Waals surface area contributed by atoms with Crippen molar-refractivity contribution >= 4 is 33.0 Å². The Morgan fingerprint density at radius 1 is 1.42 bits per heavy atom. The fourth-order valence-electron chi connectivity index (χ4n) is 1.24. The summed E-state index contributed by atoms with van der Waals surface area (Å²) in [6.45, 7) is 1.95. The molecule has 1 nitrogen and oxygen atoms in total. The lowest BCUT2D eigenvalue weighted by Gasteiger charge is -1.97. The van der Waals surface area contributed by atoms with Crippen LogP contribution in [0.1, 0.15) is 5.56 Å². The number of hydrogen-bond acceptors (Lipinski definition) is 2. The zero-order valence-electron chi connectivity index (χ0n) is 6.47. The third-order valence-corrected chi connectivity index (χ3v) is 3.11. The van der Waals surface area contributed by atoms with Crippen molar-refractivity contribution in [3.05, 3.63) is 28.1 Å². The summed E-state index contributed by atoms with van der Waals surface area (Å²) in [6.07, 6.45) is 0. The molecule has 2 aromatic rings. The number of fused-ring (bicyclic) bond motifs is 1. The van der Waals surface area contributed by atoms with E-state index in [1.54, 1.807) is 17.4 Å². The molecule has 0 aliphatic rings. The molecule has 1 aromatic heterocycles. The highest BCUT2D eigenvalue weighted by Gasteiger charge is 2.06. The van der Waals surface area contributed by atoms with Crippen LogP contribution in [-0.4, -0.2) is 5.11 Å². The van der Waals surface area contributed by atoms with Gasteiger partial charge in [0, 0.05) is 10.1 Å². The third-order valence-electron chi connectivity index (χ3n) is 1.75. The maximum absolute atomic E-state index is 9.54. The second-order valence-electron chi connectivity index (χ2n) is 2.74. The molecule has 1 aromatic carbocycles. The lowest BCUT2D eigenvalue weighted by Crippen LogP contribution is -1.72. The largest absolute Gasteiger partial charge is 0.507 e. The Kier molecular flexibility index (Phi) is 1.74. The van der Waals surface area contributed by atoms with Crippen LogP contribution in [0, 0.1) is 6.92 Å². The minimum atomic E-state index is 0.274. The van der Waals surface area contributed by atoms with E-state index in [0.29, 0.717) is 5.02 Å². The summed E-state index contributed by atoms with van der Waals surface area (Å²) < 4.78 is 1.04. The maximum atomic E-state index is 9.54. The molecule has 0 aliphatic carbocycles. The van der Waals surface area contributed by atoms with Gasteiger partial charge in [0.1, 0.15) is 5.75 Å². The van der Waals surface area contributed by atoms with Crippen LogP contribution in [0.3, 0.4) is 0 Å². The van der Waals surface area contributed by atoms with E-state index in [4.69, 9.17) is 11.6 Å². The average molecular weight is 199 g/mol. The molecule has 0 radical (unpaired) electrons. The second-order valence-corrected chi connectivity index (χ2v) is 4.06. The number of aryl methyl sites for hydroxylation is 1. The molecular formula is C9H7ClOS. The molecule has 62 valence electrons. The van der Waals surface area contributed by atoms with Crippen molar-refractivity contribution in [3.63, 3.8) is 0 Å². The average Bonchev–Trinajstić information content (AvgIpc) is 2.31. The Balaban J connectivity index is 2.93. The van der Waals surface area contributed by atoms with Crippen LogP contribution in [0.25, 0.3) is 10.1 Å². The van der Waals surface area contributed by atoms with Crippen molar-refractivity contribution in [1.82, 2.24) is 0 Å². The standard InChI is InChI=1S/C9H7ClOS/c1-5-2-7(11)9-6(10)4-12-8(9)3-5/h2-4,11H,1H3. The molecular weight excluding hydrogens is 192 g/mol. The van der Waals surface area contributed by atoms with E-state index < -0.39 is 0 Å². The minimum absolute atomic E-state index is 0.274. The van der Waals surface area contributed by atoms with E-state index in [1.165, 1.54) is 0 Å². The van der Waals surface area contributed by atoms with E-state index in [1.807, 2.05) is 18.4 Å². The lowest BCUT2D eigenvalue weighted by molar-refractivity contribution is 0.481. The van der Waals surface area contributed by atoms with Crippen molar-refractivity contribution < 1.29 is 5.11 Å². The molecule has 2 rings (SSSR count). The van der Waals surface area contributed by atoms with Gasteiger partial charge in [-0.1, -0.05) is 11.6 Å². The number of halogens is 1. The Morgan fingerprint density at radius 2 is 2.17 bits per heavy atom. The number of thiophene rings is 1. The van der Waals surface area contributed by atoms with Gasteiger partial charge in [0.15, 0.2) is 0 Å². The summed E-state index contributed by atoms with van der Waals surface area (Å²) in [7, 11) is 0. The summed E-state index contributed by atoms with van der Waals surface area (Å²) in [5.41, 5.74) is 1.05. The topological polar surface area (TPSA) is 20.2 Å². The highest BCUT2D eigenvalue weighted by atomic mass is 35.5. The fraction of sp³-hybridized carbons (Fsp3) is 0.111. The molecule has 0 spiro atoms. The molecule has 0 saturated heterocycles. The summed E-state index contributed by atoms with van der Waals surface area (Å²) in [5.74, 6) is 0.274. The molecule has 12 heavy (non-hydrogen) atoms. The SMILES string of the molecule is Cc1cc(O)c2c(Cl)csc2c1. The first-order chi connectivity index (χ1) is 5.68. The van der Waals surface area contributed by atoms with Crippen molar-refractivity contribution in [2.24, 2.45) is 0 Å². The quantitative estimate of drug-likeness (QED) is 0.686. The van der Waals surface area contributed by atoms with Gasteiger partial charge in [-0.05, 0) is 24.6 Å². The normalized spacial score (nSPS) is 10.8. The number of rotatable bonds is 0. The predicted molar refractivity (Wildman–Crippen MR) is 53.2 cm³/mol. The highest BCUT2D eigenvalue weighted by Crippen LogP contribution is 2.36. The number of phenolic OH excluding ortho intramolecular Hbond substituents is 1. The molecule has 0 bridgehead atoms. The maximum Gasteiger partial charge on any atom is 0.126 e. The molecule has 0 amide bonds. The monoisotopic (exact) mass is 198 g/mol. The zero-order chi connectivity index (χ0) is 8.72. The van der Waals surface area contributed by atoms with Crippen LogP contribution in [-0.2, 0) is 0 Å². The van der Waals surface area contributed by atoms with E-state index in [2.05, 4.69) is 0 Å². The number of phenols is 1. The van der Waals surface area contributed by atoms with Gasteiger partial charge >= 0.3 is 0 Å². The molecule has 0 unspecified atom stereocenters. The van der Waals surface area contributed by atoms with Gasteiger partial charge in [-0.2, -0.15) is 0 Å². The first kappa shape index (κ1) is 7.90. The second kappa shape index (κ2) is 2.64. The van der Waals surface area contributed by atoms with Gasteiger partial charge in [0.05, 0.1) is 10.4 Å². The molecule has 0 aliphatic heterocycles. The number of aromatic hydroxyl groups is 1. The molecule has 0 atom stereocenters. The van der Waals surface area contributed by atoms with Crippen LogP contribution < -0.4 is 0 Å². The van der Waals surface area contributed by atoms with Crippen LogP contribution >= 0.6 is 22.9 Å². The van der Waals surface area contributed by atoms with Crippen molar-refractivity contribution in [2.45, 2.75) is 6.92 Å². The van der Waals surface area contributed by atoms with Crippen LogP contribution in [0.5, 0.6) is 5.75 Å². The fourth-order valence-corrected chi connectivity index (χ4v) is 2.56. The van der Waals surface area contributed by atoms with E-state index in [-0.39, 0.29) is 5.75 Å². The Labute approximate surface area is 79.2 Å². The summed E-state index contributed by atoms with van der Waals surface area (Å²) in [5, 5.41) is 12.8. The Bertz CT molecular complexity index is 433. The molecule has 3 heteroatoms. The molecule has 0 saturated carbocycles. The van der Waals surface area contributed by atoms with Crippen molar-refractivity contribution in [1.29, 1.82) is 0 Å². The Hall–Kier alpha value is -0.730. The molecule has 0 fully saturated rings. The smallest absolute Gasteiger partial charge is 0.126 e. The number of benzene rings is 1. The van der Waals surface area contributed by atoms with Gasteiger partial charge in [-0.3, -0.25) is 0 Å². The lowest BCUT2D eigenvalue weighted by atomic mass is 10.2. The number of hydrogen-bond donors (Lipinski definition) is 1. The van der Waals surface area contributed by atoms with Gasteiger partial charge in [0.2, 0.25) is 0 Å². The van der Waals surface area contributed by atoms with Gasteiger partial charge in [-0.25, -0.2) is 0 Å². The third kappa shape index (κ3) is 1.08. The minimum Gasteiger partial charge on any atom is -0.507 e. The predicted octanol–water partition coefficient (Wildman–Crippen LogP) is 3.57. The molecule has 1 N–H and O–H groups in total. The summed E-state index contributed by atoms with van der Waals surface area (Å²) in [6, 6.07) is 3.74. The highest BCUT2D eigenvalue weighted by molar-refractivity contribution is 7.17. The van der Waals surface area contributed by atoms with Crippen LogP contribution in [0.4, 0.5) is 0 Å². The van der Waals surface area contributed by atoms with Crippen LogP contribution in [0.15, 0.2) is 17.5 Å². The first-order valence-corrected chi connectivity index (χ1v) is 4.80. The summed E-state index contributed by atoms with van der Waals surface area (Å²) >= 11 is 7.43. The summed E-state index contributed by atoms with van der Waals surface area (Å²) in [4.78, 5) is 0. The van der Waals surface area contributed by atoms with Crippen molar-refractivity contribution in [3.8, 4) is 5.75 Å². The van der Waals surface area contributed by atoms with E-state index in [0.717, 1.165) is 15.6 Å². The first-order valence-electron chi connectivity index (χ1n) is 3.55. The van der Waals surface area contributed by atoms with E-state index in [9.17, 15) is 5.11 Å². The zero-order valence-corrected chi connectivity index (χ0v) is 8.04. The van der Waals surface area contributed by atoms with Crippen LogP contribution in [0.2, 0.25) is 5.02 Å². The van der Waals surface area contributed by atoms with E-state index >= 15 is 0 Å². The van der Waals surface area contributed by atoms with Gasteiger partial charge in [0.25, 0.3) is 0 Å². The Morgan fingerprint density at radius 3 is 2.92 bits per heavy atom. The van der Waals surface area contributed by atoms with Crippen molar-refractivity contribution in [2.75, 3.05) is 0 Å².